The normalized spacial score (nSPS) is 12.4. The van der Waals surface area contributed by atoms with Crippen LogP contribution in [0.15, 0.2) is 48.8 Å². The Hall–Kier alpha value is -3.16. The van der Waals surface area contributed by atoms with Crippen LogP contribution in [0.2, 0.25) is 0 Å². The number of rotatable bonds is 8. The number of hydrogen-bond donors (Lipinski definition) is 3. The predicted molar refractivity (Wildman–Crippen MR) is 131 cm³/mol. The summed E-state index contributed by atoms with van der Waals surface area (Å²) in [5.41, 5.74) is 6.59. The average Bonchev–Trinajstić information content (AvgIpc) is 2.76. The highest BCUT2D eigenvalue weighted by atomic mass is 35.5. The van der Waals surface area contributed by atoms with Crippen LogP contribution in [-0.2, 0) is 22.7 Å². The molecule has 2 heterocycles. The molecular formula is C21H25ClF3N7O2S. The minimum absolute atomic E-state index is 0. The Labute approximate surface area is 207 Å². The predicted octanol–water partition coefficient (Wildman–Crippen LogP) is 4.08. The van der Waals surface area contributed by atoms with Crippen molar-refractivity contribution in [2.24, 2.45) is 5.73 Å². The third kappa shape index (κ3) is 7.16. The first kappa shape index (κ1) is 28.1. The fourth-order valence-corrected chi connectivity index (χ4v) is 3.45. The Kier molecular flexibility index (Phi) is 8.87. The maximum Gasteiger partial charge on any atom is 0.421 e. The molecule has 4 N–H and O–H groups in total. The second-order valence-electron chi connectivity index (χ2n) is 7.56. The van der Waals surface area contributed by atoms with Crippen LogP contribution >= 0.6 is 12.4 Å². The van der Waals surface area contributed by atoms with Crippen molar-refractivity contribution in [3.05, 3.63) is 65.5 Å². The Morgan fingerprint density at radius 3 is 2.37 bits per heavy atom. The molecule has 1 atom stereocenters. The molecule has 0 spiro atoms. The van der Waals surface area contributed by atoms with Gasteiger partial charge < -0.3 is 16.4 Å². The molecule has 0 fully saturated rings. The fourth-order valence-electron chi connectivity index (χ4n) is 2.97. The van der Waals surface area contributed by atoms with Gasteiger partial charge in [-0.05, 0) is 30.7 Å². The molecule has 3 aromatic rings. The van der Waals surface area contributed by atoms with Crippen molar-refractivity contribution in [2.45, 2.75) is 25.7 Å². The van der Waals surface area contributed by atoms with Gasteiger partial charge in [0, 0.05) is 43.3 Å². The molecule has 0 aliphatic heterocycles. The smallest absolute Gasteiger partial charge is 0.365 e. The number of sulfonamides is 1. The molecule has 1 aromatic carbocycles. The summed E-state index contributed by atoms with van der Waals surface area (Å²) in [5.74, 6) is -0.426. The Morgan fingerprint density at radius 2 is 1.80 bits per heavy atom. The molecule has 0 bridgehead atoms. The number of anilines is 4. The molecule has 35 heavy (non-hydrogen) atoms. The highest BCUT2D eigenvalue weighted by Gasteiger charge is 2.35. The van der Waals surface area contributed by atoms with Crippen LogP contribution < -0.4 is 20.7 Å². The number of alkyl halides is 3. The van der Waals surface area contributed by atoms with Gasteiger partial charge in [0.05, 0.1) is 6.26 Å². The number of hydrogen-bond acceptors (Lipinski definition) is 8. The summed E-state index contributed by atoms with van der Waals surface area (Å²) in [4.78, 5) is 11.8. The Morgan fingerprint density at radius 1 is 1.14 bits per heavy atom. The largest absolute Gasteiger partial charge is 0.421 e. The lowest BCUT2D eigenvalue weighted by atomic mass is 10.1. The van der Waals surface area contributed by atoms with Crippen molar-refractivity contribution in [1.29, 1.82) is 0 Å². The number of benzene rings is 1. The number of aromatic nitrogens is 3. The van der Waals surface area contributed by atoms with Crippen LogP contribution in [0.3, 0.4) is 0 Å². The van der Waals surface area contributed by atoms with Gasteiger partial charge in [-0.3, -0.25) is 4.31 Å². The van der Waals surface area contributed by atoms with Gasteiger partial charge in [-0.2, -0.15) is 18.2 Å². The number of halogens is 4. The van der Waals surface area contributed by atoms with E-state index in [1.165, 1.54) is 13.2 Å². The molecule has 2 aromatic heterocycles. The first-order valence-electron chi connectivity index (χ1n) is 10.0. The molecule has 1 unspecified atom stereocenters. The maximum absolute atomic E-state index is 13.6. The highest BCUT2D eigenvalue weighted by Crippen LogP contribution is 2.34. The van der Waals surface area contributed by atoms with E-state index in [4.69, 9.17) is 5.73 Å². The minimum Gasteiger partial charge on any atom is -0.365 e. The van der Waals surface area contributed by atoms with Crippen LogP contribution in [0.25, 0.3) is 0 Å². The quantitative estimate of drug-likeness (QED) is 0.397. The van der Waals surface area contributed by atoms with E-state index < -0.39 is 27.6 Å². The first-order valence-corrected chi connectivity index (χ1v) is 11.9. The molecule has 0 radical (unpaired) electrons. The van der Waals surface area contributed by atoms with E-state index in [2.05, 4.69) is 25.6 Å². The number of nitrogens with two attached hydrogens (primary N) is 1. The lowest BCUT2D eigenvalue weighted by molar-refractivity contribution is -0.137. The van der Waals surface area contributed by atoms with E-state index >= 15 is 0 Å². The summed E-state index contributed by atoms with van der Waals surface area (Å²) in [5, 5.41) is 5.51. The lowest BCUT2D eigenvalue weighted by Gasteiger charge is -2.20. The number of nitrogens with one attached hydrogen (secondary N) is 2. The van der Waals surface area contributed by atoms with Crippen molar-refractivity contribution in [3.63, 3.8) is 0 Å². The van der Waals surface area contributed by atoms with Gasteiger partial charge in [0.2, 0.25) is 16.0 Å². The Bertz CT molecular complexity index is 1260. The van der Waals surface area contributed by atoms with Crippen LogP contribution in [-0.4, -0.2) is 36.7 Å². The molecule has 0 aliphatic rings. The molecule has 190 valence electrons. The zero-order chi connectivity index (χ0) is 25.1. The van der Waals surface area contributed by atoms with Crippen LogP contribution in [0, 0.1) is 0 Å². The molecule has 3 rings (SSSR count). The summed E-state index contributed by atoms with van der Waals surface area (Å²) < 4.78 is 65.4. The molecule has 0 aliphatic carbocycles. The van der Waals surface area contributed by atoms with Gasteiger partial charge in [-0.1, -0.05) is 18.2 Å². The van der Waals surface area contributed by atoms with Gasteiger partial charge in [0.1, 0.15) is 17.2 Å². The lowest BCUT2D eigenvalue weighted by Crippen LogP contribution is -2.27. The van der Waals surface area contributed by atoms with Gasteiger partial charge in [0.15, 0.2) is 0 Å². The summed E-state index contributed by atoms with van der Waals surface area (Å²) in [6.07, 6.45) is -1.63. The van der Waals surface area contributed by atoms with Gasteiger partial charge in [0.25, 0.3) is 0 Å². The highest BCUT2D eigenvalue weighted by molar-refractivity contribution is 7.92. The maximum atomic E-state index is 13.6. The van der Waals surface area contributed by atoms with E-state index in [1.54, 1.807) is 36.4 Å². The van der Waals surface area contributed by atoms with E-state index in [0.717, 1.165) is 16.1 Å². The SMILES string of the molecule is CC(N)c1ccc(Nc2ncc(C(F)(F)F)c(NCc3cccnc3N(C)S(C)(=O)=O)n2)cc1.Cl. The second-order valence-corrected chi connectivity index (χ2v) is 9.57. The monoisotopic (exact) mass is 531 g/mol. The van der Waals surface area contributed by atoms with Crippen molar-refractivity contribution in [2.75, 3.05) is 28.2 Å². The molecule has 0 saturated carbocycles. The van der Waals surface area contributed by atoms with E-state index in [0.29, 0.717) is 17.4 Å². The molecular weight excluding hydrogens is 507 g/mol. The van der Waals surface area contributed by atoms with Crippen molar-refractivity contribution in [3.8, 4) is 0 Å². The molecule has 0 amide bonds. The van der Waals surface area contributed by atoms with Crippen molar-refractivity contribution < 1.29 is 21.6 Å². The van der Waals surface area contributed by atoms with Crippen LogP contribution in [0.1, 0.15) is 29.7 Å². The average molecular weight is 532 g/mol. The number of nitrogens with zero attached hydrogens (tertiary/aromatic N) is 4. The minimum atomic E-state index is -4.71. The number of pyridine rings is 1. The van der Waals surface area contributed by atoms with Crippen LogP contribution in [0.4, 0.5) is 36.4 Å². The van der Waals surface area contributed by atoms with Gasteiger partial charge in [-0.15, -0.1) is 12.4 Å². The van der Waals surface area contributed by atoms with Crippen LogP contribution in [0.5, 0.6) is 0 Å². The Balaban J connectivity index is 0.00000432. The zero-order valence-corrected chi connectivity index (χ0v) is 20.7. The topological polar surface area (TPSA) is 126 Å². The van der Waals surface area contributed by atoms with Gasteiger partial charge in [-0.25, -0.2) is 18.4 Å². The summed E-state index contributed by atoms with van der Waals surface area (Å²) >= 11 is 0. The summed E-state index contributed by atoms with van der Waals surface area (Å²) in [6.45, 7) is 1.67. The zero-order valence-electron chi connectivity index (χ0n) is 19.0. The fraction of sp³-hybridized carbons (Fsp3) is 0.286. The van der Waals surface area contributed by atoms with E-state index in [-0.39, 0.29) is 36.8 Å². The van der Waals surface area contributed by atoms with Crippen molar-refractivity contribution >= 4 is 45.7 Å². The van der Waals surface area contributed by atoms with Crippen molar-refractivity contribution in [1.82, 2.24) is 15.0 Å². The molecule has 0 saturated heterocycles. The van der Waals surface area contributed by atoms with E-state index in [1.807, 2.05) is 6.92 Å². The van der Waals surface area contributed by atoms with Gasteiger partial charge >= 0.3 is 6.18 Å². The molecule has 14 heteroatoms. The third-order valence-corrected chi connectivity index (χ3v) is 6.06. The third-order valence-electron chi connectivity index (χ3n) is 4.90. The van der Waals surface area contributed by atoms with E-state index in [9.17, 15) is 21.6 Å². The second kappa shape index (κ2) is 11.1. The summed E-state index contributed by atoms with van der Waals surface area (Å²) in [6, 6.07) is 9.97. The molecule has 9 nitrogen and oxygen atoms in total. The first-order chi connectivity index (χ1) is 15.9. The standard InChI is InChI=1S/C21H24F3N7O2S.ClH/c1-13(25)14-6-8-16(9-7-14)29-20-28-12-17(21(22,23)24)18(30-20)27-11-15-5-4-10-26-19(15)31(2)34(3,32)33;/h4-10,12-13H,11,25H2,1-3H3,(H2,27,28,29,30);1H. The summed E-state index contributed by atoms with van der Waals surface area (Å²) in [7, 11) is -2.31.